The van der Waals surface area contributed by atoms with Crippen molar-refractivity contribution in [2.45, 2.75) is 59.2 Å². The second-order valence-corrected chi connectivity index (χ2v) is 4.88. The lowest BCUT2D eigenvalue weighted by Crippen LogP contribution is -2.37. The zero-order chi connectivity index (χ0) is 11.4. The first kappa shape index (κ1) is 12.5. The van der Waals surface area contributed by atoms with Gasteiger partial charge in [-0.1, -0.05) is 20.8 Å². The van der Waals surface area contributed by atoms with Gasteiger partial charge >= 0.3 is 0 Å². The molecular formula is C12H24N2O. The third kappa shape index (κ3) is 3.20. The maximum Gasteiger partial charge on any atom is 0.240 e. The Morgan fingerprint density at radius 1 is 1.47 bits per heavy atom. The molecule has 1 N–H and O–H groups in total. The standard InChI is InChI=1S/C12H24N2O/c1-5-11-13-10(4)12(15)14(11)8-6-7-9(2)3/h9-11,13H,5-8H2,1-4H3. The molecule has 1 amide bonds. The van der Waals surface area contributed by atoms with E-state index < -0.39 is 0 Å². The number of carbonyl (C=O) groups is 1. The molecule has 0 radical (unpaired) electrons. The molecule has 0 spiro atoms. The summed E-state index contributed by atoms with van der Waals surface area (Å²) in [6.45, 7) is 9.44. The molecule has 2 atom stereocenters. The summed E-state index contributed by atoms with van der Waals surface area (Å²) >= 11 is 0. The molecule has 1 aliphatic heterocycles. The van der Waals surface area contributed by atoms with Crippen LogP contribution in [-0.2, 0) is 4.79 Å². The number of hydrogen-bond donors (Lipinski definition) is 1. The minimum absolute atomic E-state index is 0.00833. The van der Waals surface area contributed by atoms with Gasteiger partial charge < -0.3 is 4.90 Å². The van der Waals surface area contributed by atoms with Crippen LogP contribution in [0.3, 0.4) is 0 Å². The van der Waals surface area contributed by atoms with Crippen molar-refractivity contribution >= 4 is 5.91 Å². The molecule has 0 aromatic heterocycles. The van der Waals surface area contributed by atoms with Gasteiger partial charge in [0.2, 0.25) is 5.91 Å². The number of hydrogen-bond acceptors (Lipinski definition) is 2. The highest BCUT2D eigenvalue weighted by atomic mass is 16.2. The lowest BCUT2D eigenvalue weighted by atomic mass is 10.1. The number of rotatable bonds is 5. The Bertz CT molecular complexity index is 216. The molecule has 0 aliphatic carbocycles. The second kappa shape index (κ2) is 5.50. The number of nitrogens with zero attached hydrogens (tertiary/aromatic N) is 1. The molecule has 3 nitrogen and oxygen atoms in total. The molecule has 0 aromatic carbocycles. The Balaban J connectivity index is 2.40. The lowest BCUT2D eigenvalue weighted by Gasteiger charge is -2.23. The van der Waals surface area contributed by atoms with Crippen molar-refractivity contribution < 1.29 is 4.79 Å². The Hall–Kier alpha value is -0.570. The van der Waals surface area contributed by atoms with Crippen molar-refractivity contribution in [1.29, 1.82) is 0 Å². The average Bonchev–Trinajstić information content (AvgIpc) is 2.44. The van der Waals surface area contributed by atoms with Crippen LogP contribution in [-0.4, -0.2) is 29.6 Å². The van der Waals surface area contributed by atoms with E-state index in [4.69, 9.17) is 0 Å². The van der Waals surface area contributed by atoms with Crippen LogP contribution in [0.1, 0.15) is 47.0 Å². The summed E-state index contributed by atoms with van der Waals surface area (Å²) in [6.07, 6.45) is 3.58. The van der Waals surface area contributed by atoms with Crippen molar-refractivity contribution in [2.24, 2.45) is 5.92 Å². The van der Waals surface area contributed by atoms with Crippen molar-refractivity contribution in [2.75, 3.05) is 6.54 Å². The number of amides is 1. The summed E-state index contributed by atoms with van der Waals surface area (Å²) < 4.78 is 0. The third-order valence-corrected chi connectivity index (χ3v) is 3.04. The van der Waals surface area contributed by atoms with E-state index in [1.807, 2.05) is 11.8 Å². The highest BCUT2D eigenvalue weighted by Crippen LogP contribution is 2.15. The summed E-state index contributed by atoms with van der Waals surface area (Å²) in [5.74, 6) is 0.999. The summed E-state index contributed by atoms with van der Waals surface area (Å²) in [6, 6.07) is 0.00833. The molecule has 88 valence electrons. The fourth-order valence-corrected chi connectivity index (χ4v) is 2.13. The average molecular weight is 212 g/mol. The maximum atomic E-state index is 11.8. The summed E-state index contributed by atoms with van der Waals surface area (Å²) in [4.78, 5) is 13.8. The highest BCUT2D eigenvalue weighted by molar-refractivity contribution is 5.83. The summed E-state index contributed by atoms with van der Waals surface area (Å²) in [5, 5.41) is 3.32. The molecule has 15 heavy (non-hydrogen) atoms. The minimum atomic E-state index is 0.00833. The highest BCUT2D eigenvalue weighted by Gasteiger charge is 2.34. The van der Waals surface area contributed by atoms with Crippen LogP contribution in [0.4, 0.5) is 0 Å². The van der Waals surface area contributed by atoms with Crippen LogP contribution in [0.25, 0.3) is 0 Å². The van der Waals surface area contributed by atoms with E-state index in [-0.39, 0.29) is 18.1 Å². The van der Waals surface area contributed by atoms with E-state index in [1.54, 1.807) is 0 Å². The van der Waals surface area contributed by atoms with E-state index in [2.05, 4.69) is 26.1 Å². The summed E-state index contributed by atoms with van der Waals surface area (Å²) in [5.41, 5.74) is 0. The van der Waals surface area contributed by atoms with Gasteiger partial charge in [-0.2, -0.15) is 0 Å². The van der Waals surface area contributed by atoms with Crippen molar-refractivity contribution in [3.8, 4) is 0 Å². The fraction of sp³-hybridized carbons (Fsp3) is 0.917. The zero-order valence-electron chi connectivity index (χ0n) is 10.4. The smallest absolute Gasteiger partial charge is 0.240 e. The molecule has 2 unspecified atom stereocenters. The monoisotopic (exact) mass is 212 g/mol. The normalized spacial score (nSPS) is 26.7. The molecule has 1 fully saturated rings. The Labute approximate surface area is 93.2 Å². The van der Waals surface area contributed by atoms with E-state index in [0.29, 0.717) is 0 Å². The summed E-state index contributed by atoms with van der Waals surface area (Å²) in [7, 11) is 0. The minimum Gasteiger partial charge on any atom is -0.326 e. The number of carbonyl (C=O) groups excluding carboxylic acids is 1. The van der Waals surface area contributed by atoms with Crippen LogP contribution in [0.2, 0.25) is 0 Å². The first-order chi connectivity index (χ1) is 7.06. The predicted molar refractivity (Wildman–Crippen MR) is 62.5 cm³/mol. The molecule has 0 saturated carbocycles. The van der Waals surface area contributed by atoms with Crippen molar-refractivity contribution in [3.63, 3.8) is 0 Å². The molecular weight excluding hydrogens is 188 g/mol. The Kier molecular flexibility index (Phi) is 4.58. The SMILES string of the molecule is CCC1NC(C)C(=O)N1CCCC(C)C. The van der Waals surface area contributed by atoms with Gasteiger partial charge in [-0.15, -0.1) is 0 Å². The lowest BCUT2D eigenvalue weighted by molar-refractivity contribution is -0.129. The predicted octanol–water partition coefficient (Wildman–Crippen LogP) is 1.98. The molecule has 0 aromatic rings. The molecule has 1 aliphatic rings. The zero-order valence-corrected chi connectivity index (χ0v) is 10.4. The fourth-order valence-electron chi connectivity index (χ4n) is 2.13. The van der Waals surface area contributed by atoms with Gasteiger partial charge in [0, 0.05) is 6.54 Å². The van der Waals surface area contributed by atoms with Crippen LogP contribution >= 0.6 is 0 Å². The quantitative estimate of drug-likeness (QED) is 0.755. The Morgan fingerprint density at radius 2 is 2.13 bits per heavy atom. The second-order valence-electron chi connectivity index (χ2n) is 4.88. The Morgan fingerprint density at radius 3 is 2.67 bits per heavy atom. The van der Waals surface area contributed by atoms with Crippen LogP contribution in [0.5, 0.6) is 0 Å². The number of nitrogens with one attached hydrogen (secondary N) is 1. The largest absolute Gasteiger partial charge is 0.326 e. The van der Waals surface area contributed by atoms with Crippen LogP contribution < -0.4 is 5.32 Å². The van der Waals surface area contributed by atoms with Gasteiger partial charge in [0.05, 0.1) is 12.2 Å². The topological polar surface area (TPSA) is 32.3 Å². The van der Waals surface area contributed by atoms with Gasteiger partial charge in [0.1, 0.15) is 0 Å². The maximum absolute atomic E-state index is 11.8. The van der Waals surface area contributed by atoms with Gasteiger partial charge in [-0.25, -0.2) is 0 Å². The first-order valence-corrected chi connectivity index (χ1v) is 6.12. The van der Waals surface area contributed by atoms with E-state index in [0.717, 1.165) is 25.3 Å². The van der Waals surface area contributed by atoms with Crippen molar-refractivity contribution in [3.05, 3.63) is 0 Å². The molecule has 1 rings (SSSR count). The molecule has 1 saturated heterocycles. The van der Waals surface area contributed by atoms with Gasteiger partial charge in [-0.3, -0.25) is 10.1 Å². The van der Waals surface area contributed by atoms with Gasteiger partial charge in [-0.05, 0) is 32.1 Å². The van der Waals surface area contributed by atoms with E-state index in [9.17, 15) is 4.79 Å². The van der Waals surface area contributed by atoms with Gasteiger partial charge in [0.15, 0.2) is 0 Å². The van der Waals surface area contributed by atoms with Crippen molar-refractivity contribution in [1.82, 2.24) is 10.2 Å². The molecule has 1 heterocycles. The first-order valence-electron chi connectivity index (χ1n) is 6.12. The van der Waals surface area contributed by atoms with Crippen LogP contribution in [0, 0.1) is 5.92 Å². The third-order valence-electron chi connectivity index (χ3n) is 3.04. The van der Waals surface area contributed by atoms with Gasteiger partial charge in [0.25, 0.3) is 0 Å². The molecule has 3 heteroatoms. The van der Waals surface area contributed by atoms with E-state index >= 15 is 0 Å². The van der Waals surface area contributed by atoms with Crippen LogP contribution in [0.15, 0.2) is 0 Å². The molecule has 0 bridgehead atoms. The van der Waals surface area contributed by atoms with E-state index in [1.165, 1.54) is 6.42 Å².